The maximum atomic E-state index is 5.27. The molecule has 4 aromatic heterocycles. The van der Waals surface area contributed by atoms with Crippen molar-refractivity contribution in [3.8, 4) is 44.9 Å². The maximum Gasteiger partial charge on any atom is 0.0980 e. The van der Waals surface area contributed by atoms with E-state index in [1.165, 1.54) is 0 Å². The van der Waals surface area contributed by atoms with E-state index in [9.17, 15) is 0 Å². The van der Waals surface area contributed by atoms with Gasteiger partial charge < -0.3 is 0 Å². The third-order valence-corrected chi connectivity index (χ3v) is 8.66. The van der Waals surface area contributed by atoms with Gasteiger partial charge in [-0.1, -0.05) is 121 Å². The van der Waals surface area contributed by atoms with E-state index in [4.69, 9.17) is 19.9 Å². The summed E-state index contributed by atoms with van der Waals surface area (Å²) in [6.45, 7) is 0. The predicted octanol–water partition coefficient (Wildman–Crippen LogP) is 10.5. The Morgan fingerprint density at radius 2 is 1.00 bits per heavy atom. The summed E-state index contributed by atoms with van der Waals surface area (Å²) in [4.78, 5) is 20.2. The first kappa shape index (κ1) is 26.2. The van der Waals surface area contributed by atoms with Crippen molar-refractivity contribution >= 4 is 43.6 Å². The Morgan fingerprint density at radius 3 is 1.74 bits per heavy atom. The van der Waals surface area contributed by atoms with Gasteiger partial charge in [0.25, 0.3) is 0 Å². The van der Waals surface area contributed by atoms with Crippen molar-refractivity contribution in [3.05, 3.63) is 158 Å². The van der Waals surface area contributed by atoms with Gasteiger partial charge in [-0.05, 0) is 41.5 Å². The van der Waals surface area contributed by atoms with Gasteiger partial charge in [-0.2, -0.15) is 0 Å². The number of nitrogens with zero attached hydrogens (tertiary/aromatic N) is 4. The quantitative estimate of drug-likeness (QED) is 0.152. The van der Waals surface area contributed by atoms with Gasteiger partial charge in [0.05, 0.1) is 39.1 Å². The highest BCUT2D eigenvalue weighted by Crippen LogP contribution is 2.36. The number of fused-ring (bicyclic) bond motifs is 6. The van der Waals surface area contributed by atoms with Crippen LogP contribution in [0.2, 0.25) is 0 Å². The standard InChI is InChI=1S/C42H26N4/c1-3-10-28(11-4-1)37-25-33(26-38(44-37)29-12-5-2-6-13-29)27-17-19-31(20-18-27)40-42-35(34-15-7-8-16-36(34)45-40)24-32-22-21-30-14-9-23-43-39(30)41(32)46-42/h1-26H. The van der Waals surface area contributed by atoms with E-state index in [-0.39, 0.29) is 0 Å². The second kappa shape index (κ2) is 10.7. The van der Waals surface area contributed by atoms with E-state index < -0.39 is 0 Å². The highest BCUT2D eigenvalue weighted by atomic mass is 14.8. The molecule has 0 saturated carbocycles. The van der Waals surface area contributed by atoms with Crippen molar-refractivity contribution < 1.29 is 0 Å². The zero-order chi connectivity index (χ0) is 30.5. The highest BCUT2D eigenvalue weighted by Gasteiger charge is 2.15. The van der Waals surface area contributed by atoms with Crippen LogP contribution in [-0.4, -0.2) is 19.9 Å². The lowest BCUT2D eigenvalue weighted by Gasteiger charge is -2.13. The van der Waals surface area contributed by atoms with Crippen molar-refractivity contribution in [2.45, 2.75) is 0 Å². The molecule has 46 heavy (non-hydrogen) atoms. The molecule has 5 aromatic carbocycles. The van der Waals surface area contributed by atoms with Crippen LogP contribution >= 0.6 is 0 Å². The van der Waals surface area contributed by atoms with E-state index in [1.807, 2.05) is 30.5 Å². The smallest absolute Gasteiger partial charge is 0.0980 e. The summed E-state index contributed by atoms with van der Waals surface area (Å²) in [5, 5.41) is 4.31. The molecule has 4 heterocycles. The number of aromatic nitrogens is 4. The third-order valence-electron chi connectivity index (χ3n) is 8.66. The molecule has 0 radical (unpaired) electrons. The molecule has 0 N–H and O–H groups in total. The molecular weight excluding hydrogens is 560 g/mol. The Kier molecular flexibility index (Phi) is 6.10. The zero-order valence-electron chi connectivity index (χ0n) is 24.8. The summed E-state index contributed by atoms with van der Waals surface area (Å²) in [5.41, 5.74) is 11.8. The number of pyridine rings is 4. The summed E-state index contributed by atoms with van der Waals surface area (Å²) in [5.74, 6) is 0. The average Bonchev–Trinajstić information content (AvgIpc) is 3.14. The topological polar surface area (TPSA) is 51.6 Å². The van der Waals surface area contributed by atoms with Crippen LogP contribution in [0, 0.1) is 0 Å². The Labute approximate surface area is 265 Å². The fraction of sp³-hybridized carbons (Fsp3) is 0. The van der Waals surface area contributed by atoms with Gasteiger partial charge in [0.15, 0.2) is 0 Å². The molecule has 0 amide bonds. The van der Waals surface area contributed by atoms with Crippen LogP contribution in [0.3, 0.4) is 0 Å². The van der Waals surface area contributed by atoms with Gasteiger partial charge in [0.1, 0.15) is 0 Å². The highest BCUT2D eigenvalue weighted by molar-refractivity contribution is 6.15. The van der Waals surface area contributed by atoms with Crippen LogP contribution in [0.5, 0.6) is 0 Å². The van der Waals surface area contributed by atoms with E-state index in [2.05, 4.69) is 127 Å². The lowest BCUT2D eigenvalue weighted by molar-refractivity contribution is 1.32. The van der Waals surface area contributed by atoms with Gasteiger partial charge >= 0.3 is 0 Å². The molecule has 0 fully saturated rings. The minimum absolute atomic E-state index is 0.861. The van der Waals surface area contributed by atoms with E-state index in [1.54, 1.807) is 0 Å². The summed E-state index contributed by atoms with van der Waals surface area (Å²) >= 11 is 0. The van der Waals surface area contributed by atoms with E-state index in [0.717, 1.165) is 88.5 Å². The Balaban J connectivity index is 1.22. The summed E-state index contributed by atoms with van der Waals surface area (Å²) in [7, 11) is 0. The van der Waals surface area contributed by atoms with Crippen LogP contribution in [0.25, 0.3) is 88.5 Å². The number of benzene rings is 5. The molecular formula is C42H26N4. The SMILES string of the molecule is c1ccc(-c2cc(-c3ccc(-c4nc5ccccc5c5cc6ccc7cccnc7c6nc45)cc3)cc(-c3ccccc3)n2)cc1. The number of para-hydroxylation sites is 1. The molecule has 4 heteroatoms. The predicted molar refractivity (Wildman–Crippen MR) is 189 cm³/mol. The lowest BCUT2D eigenvalue weighted by Crippen LogP contribution is -1.94. The van der Waals surface area contributed by atoms with Gasteiger partial charge in [-0.3, -0.25) is 4.98 Å². The number of hydrogen-bond acceptors (Lipinski definition) is 4. The van der Waals surface area contributed by atoms with Gasteiger partial charge in [0, 0.05) is 44.4 Å². The van der Waals surface area contributed by atoms with E-state index >= 15 is 0 Å². The van der Waals surface area contributed by atoms with Crippen LogP contribution in [0.15, 0.2) is 158 Å². The molecule has 214 valence electrons. The first-order valence-electron chi connectivity index (χ1n) is 15.4. The molecule has 0 saturated heterocycles. The maximum absolute atomic E-state index is 5.27. The lowest BCUT2D eigenvalue weighted by atomic mass is 9.97. The molecule has 9 rings (SSSR count). The fourth-order valence-electron chi connectivity index (χ4n) is 6.37. The van der Waals surface area contributed by atoms with Gasteiger partial charge in [-0.15, -0.1) is 0 Å². The summed E-state index contributed by atoms with van der Waals surface area (Å²) in [6, 6.07) is 52.6. The summed E-state index contributed by atoms with van der Waals surface area (Å²) in [6.07, 6.45) is 1.83. The molecule has 0 aliphatic heterocycles. The Hall–Kier alpha value is -6.26. The molecule has 0 aliphatic rings. The molecule has 4 nitrogen and oxygen atoms in total. The largest absolute Gasteiger partial charge is 0.254 e. The number of rotatable bonds is 4. The van der Waals surface area contributed by atoms with Crippen LogP contribution in [0.1, 0.15) is 0 Å². The van der Waals surface area contributed by atoms with Gasteiger partial charge in [-0.25, -0.2) is 15.0 Å². The first-order valence-corrected chi connectivity index (χ1v) is 15.4. The third kappa shape index (κ3) is 4.47. The van der Waals surface area contributed by atoms with Crippen molar-refractivity contribution in [2.24, 2.45) is 0 Å². The molecule has 9 aromatic rings. The minimum Gasteiger partial charge on any atom is -0.254 e. The van der Waals surface area contributed by atoms with Crippen LogP contribution < -0.4 is 0 Å². The summed E-state index contributed by atoms with van der Waals surface area (Å²) < 4.78 is 0. The second-order valence-electron chi connectivity index (χ2n) is 11.5. The normalized spacial score (nSPS) is 11.5. The van der Waals surface area contributed by atoms with Gasteiger partial charge in [0.2, 0.25) is 0 Å². The second-order valence-corrected chi connectivity index (χ2v) is 11.5. The molecule has 0 atom stereocenters. The molecule has 0 aliphatic carbocycles. The van der Waals surface area contributed by atoms with Crippen molar-refractivity contribution in [1.82, 2.24) is 19.9 Å². The number of hydrogen-bond donors (Lipinski definition) is 0. The zero-order valence-corrected chi connectivity index (χ0v) is 24.8. The minimum atomic E-state index is 0.861. The molecule has 0 unspecified atom stereocenters. The fourth-order valence-corrected chi connectivity index (χ4v) is 6.37. The molecule has 0 spiro atoms. The van der Waals surface area contributed by atoms with Crippen molar-refractivity contribution in [2.75, 3.05) is 0 Å². The molecule has 0 bridgehead atoms. The van der Waals surface area contributed by atoms with Crippen molar-refractivity contribution in [3.63, 3.8) is 0 Å². The van der Waals surface area contributed by atoms with Crippen LogP contribution in [-0.2, 0) is 0 Å². The Morgan fingerprint density at radius 1 is 0.348 bits per heavy atom. The average molecular weight is 587 g/mol. The van der Waals surface area contributed by atoms with Crippen LogP contribution in [0.4, 0.5) is 0 Å². The Bertz CT molecular complexity index is 2500. The monoisotopic (exact) mass is 586 g/mol. The van der Waals surface area contributed by atoms with E-state index in [0.29, 0.717) is 0 Å². The first-order chi connectivity index (χ1) is 22.8. The van der Waals surface area contributed by atoms with Crippen molar-refractivity contribution in [1.29, 1.82) is 0 Å².